The third-order valence-corrected chi connectivity index (χ3v) is 2.25. The van der Waals surface area contributed by atoms with Crippen LogP contribution in [0.1, 0.15) is 30.9 Å². The van der Waals surface area contributed by atoms with Crippen molar-refractivity contribution in [2.45, 2.75) is 19.8 Å². The van der Waals surface area contributed by atoms with Crippen LogP contribution < -0.4 is 0 Å². The molecule has 0 bridgehead atoms. The predicted molar refractivity (Wildman–Crippen MR) is 52.9 cm³/mol. The molecule has 0 aliphatic heterocycles. The number of benzene rings is 1. The van der Waals surface area contributed by atoms with Crippen LogP contribution in [0.25, 0.3) is 0 Å². The van der Waals surface area contributed by atoms with Crippen LogP contribution in [0.4, 0.5) is 0 Å². The van der Waals surface area contributed by atoms with Crippen molar-refractivity contribution in [3.63, 3.8) is 0 Å². The van der Waals surface area contributed by atoms with Gasteiger partial charge in [-0.05, 0) is 29.7 Å². The van der Waals surface area contributed by atoms with E-state index >= 15 is 0 Å². The van der Waals surface area contributed by atoms with Crippen LogP contribution in [0.5, 0.6) is 0 Å². The van der Waals surface area contributed by atoms with Crippen molar-refractivity contribution < 1.29 is 0 Å². The lowest BCUT2D eigenvalue weighted by atomic mass is 9.98. The SMILES string of the molecule is CC(C)c1cc(Br)ccc1C#N. The molecule has 0 fully saturated rings. The molecule has 1 aromatic carbocycles. The highest BCUT2D eigenvalue weighted by Crippen LogP contribution is 2.22. The minimum absolute atomic E-state index is 0.400. The normalized spacial score (nSPS) is 9.92. The maximum Gasteiger partial charge on any atom is 0.0994 e. The van der Waals surface area contributed by atoms with E-state index < -0.39 is 0 Å². The zero-order valence-electron chi connectivity index (χ0n) is 7.13. The van der Waals surface area contributed by atoms with Gasteiger partial charge in [-0.25, -0.2) is 0 Å². The molecule has 0 aliphatic rings. The van der Waals surface area contributed by atoms with E-state index in [1.165, 1.54) is 0 Å². The number of nitrogens with zero attached hydrogens (tertiary/aromatic N) is 1. The Morgan fingerprint density at radius 2 is 2.08 bits per heavy atom. The fourth-order valence-corrected chi connectivity index (χ4v) is 1.49. The molecular weight excluding hydrogens is 214 g/mol. The molecule has 1 nitrogen and oxygen atoms in total. The van der Waals surface area contributed by atoms with Crippen LogP contribution in [-0.4, -0.2) is 0 Å². The van der Waals surface area contributed by atoms with Crippen LogP contribution in [0.15, 0.2) is 22.7 Å². The minimum atomic E-state index is 0.400. The first-order valence-electron chi connectivity index (χ1n) is 3.84. The second-order valence-electron chi connectivity index (χ2n) is 3.00. The van der Waals surface area contributed by atoms with Gasteiger partial charge >= 0.3 is 0 Å². The summed E-state index contributed by atoms with van der Waals surface area (Å²) in [6, 6.07) is 7.93. The van der Waals surface area contributed by atoms with E-state index in [0.29, 0.717) is 5.92 Å². The molecule has 0 unspecified atom stereocenters. The summed E-state index contributed by atoms with van der Waals surface area (Å²) in [5, 5.41) is 8.79. The van der Waals surface area contributed by atoms with Gasteiger partial charge in [0.25, 0.3) is 0 Å². The second kappa shape index (κ2) is 3.73. The van der Waals surface area contributed by atoms with Crippen molar-refractivity contribution in [3.05, 3.63) is 33.8 Å². The van der Waals surface area contributed by atoms with E-state index in [2.05, 4.69) is 35.8 Å². The summed E-state index contributed by atoms with van der Waals surface area (Å²) in [5.41, 5.74) is 1.88. The van der Waals surface area contributed by atoms with Crippen LogP contribution in [0.2, 0.25) is 0 Å². The molecule has 0 saturated carbocycles. The first kappa shape index (κ1) is 9.28. The summed E-state index contributed by atoms with van der Waals surface area (Å²) in [7, 11) is 0. The van der Waals surface area contributed by atoms with Crippen LogP contribution in [0.3, 0.4) is 0 Å². The largest absolute Gasteiger partial charge is 0.192 e. The molecule has 0 spiro atoms. The van der Waals surface area contributed by atoms with Gasteiger partial charge in [0.15, 0.2) is 0 Å². The standard InChI is InChI=1S/C10H10BrN/c1-7(2)10-5-9(11)4-3-8(10)6-12/h3-5,7H,1-2H3. The molecular formula is C10H10BrN. The lowest BCUT2D eigenvalue weighted by Gasteiger charge is -2.07. The van der Waals surface area contributed by atoms with Gasteiger partial charge in [-0.2, -0.15) is 5.26 Å². The Morgan fingerprint density at radius 1 is 1.42 bits per heavy atom. The van der Waals surface area contributed by atoms with Crippen molar-refractivity contribution in [1.29, 1.82) is 5.26 Å². The van der Waals surface area contributed by atoms with Crippen molar-refractivity contribution in [2.75, 3.05) is 0 Å². The number of hydrogen-bond acceptors (Lipinski definition) is 1. The summed E-state index contributed by atoms with van der Waals surface area (Å²) in [6.07, 6.45) is 0. The average molecular weight is 224 g/mol. The zero-order valence-corrected chi connectivity index (χ0v) is 8.72. The number of halogens is 1. The lowest BCUT2D eigenvalue weighted by Crippen LogP contribution is -1.91. The summed E-state index contributed by atoms with van der Waals surface area (Å²) in [5.74, 6) is 0.400. The molecule has 0 heterocycles. The van der Waals surface area contributed by atoms with Crippen molar-refractivity contribution in [2.24, 2.45) is 0 Å². The first-order chi connectivity index (χ1) is 5.65. The molecule has 0 saturated heterocycles. The van der Waals surface area contributed by atoms with E-state index in [1.54, 1.807) is 0 Å². The zero-order chi connectivity index (χ0) is 9.14. The molecule has 62 valence electrons. The van der Waals surface area contributed by atoms with Crippen LogP contribution in [0, 0.1) is 11.3 Å². The molecule has 1 rings (SSSR count). The Kier molecular flexibility index (Phi) is 2.88. The van der Waals surface area contributed by atoms with Crippen molar-refractivity contribution >= 4 is 15.9 Å². The van der Waals surface area contributed by atoms with Gasteiger partial charge < -0.3 is 0 Å². The molecule has 2 heteroatoms. The number of rotatable bonds is 1. The predicted octanol–water partition coefficient (Wildman–Crippen LogP) is 3.44. The third-order valence-electron chi connectivity index (χ3n) is 1.76. The van der Waals surface area contributed by atoms with Gasteiger partial charge in [0, 0.05) is 4.47 Å². The highest BCUT2D eigenvalue weighted by atomic mass is 79.9. The summed E-state index contributed by atoms with van der Waals surface area (Å²) in [6.45, 7) is 4.17. The van der Waals surface area contributed by atoms with Crippen LogP contribution >= 0.6 is 15.9 Å². The van der Waals surface area contributed by atoms with E-state index in [4.69, 9.17) is 5.26 Å². The molecule has 0 amide bonds. The molecule has 1 aromatic rings. The lowest BCUT2D eigenvalue weighted by molar-refractivity contribution is 0.861. The molecule has 0 N–H and O–H groups in total. The van der Waals surface area contributed by atoms with Gasteiger partial charge in [0.1, 0.15) is 0 Å². The Morgan fingerprint density at radius 3 is 2.58 bits per heavy atom. The Bertz CT molecular complexity index is 323. The summed E-state index contributed by atoms with van der Waals surface area (Å²) in [4.78, 5) is 0. The second-order valence-corrected chi connectivity index (χ2v) is 3.91. The smallest absolute Gasteiger partial charge is 0.0994 e. The maximum atomic E-state index is 8.79. The summed E-state index contributed by atoms with van der Waals surface area (Å²) < 4.78 is 1.03. The van der Waals surface area contributed by atoms with E-state index in [0.717, 1.165) is 15.6 Å². The average Bonchev–Trinajstić information content (AvgIpc) is 2.04. The van der Waals surface area contributed by atoms with Gasteiger partial charge in [0.05, 0.1) is 11.6 Å². The highest BCUT2D eigenvalue weighted by Gasteiger charge is 2.05. The monoisotopic (exact) mass is 223 g/mol. The molecule has 0 aromatic heterocycles. The third kappa shape index (κ3) is 1.86. The summed E-state index contributed by atoms with van der Waals surface area (Å²) >= 11 is 3.38. The molecule has 0 aliphatic carbocycles. The number of nitriles is 1. The van der Waals surface area contributed by atoms with Gasteiger partial charge in [-0.3, -0.25) is 0 Å². The Labute approximate surface area is 81.2 Å². The van der Waals surface area contributed by atoms with Crippen molar-refractivity contribution in [3.8, 4) is 6.07 Å². The fraction of sp³-hybridized carbons (Fsp3) is 0.300. The minimum Gasteiger partial charge on any atom is -0.192 e. The van der Waals surface area contributed by atoms with E-state index in [1.807, 2.05) is 18.2 Å². The van der Waals surface area contributed by atoms with Gasteiger partial charge in [0.2, 0.25) is 0 Å². The van der Waals surface area contributed by atoms with Crippen molar-refractivity contribution in [1.82, 2.24) is 0 Å². The van der Waals surface area contributed by atoms with E-state index in [-0.39, 0.29) is 0 Å². The first-order valence-corrected chi connectivity index (χ1v) is 4.64. The molecule has 12 heavy (non-hydrogen) atoms. The Hall–Kier alpha value is -0.810. The highest BCUT2D eigenvalue weighted by molar-refractivity contribution is 9.10. The van der Waals surface area contributed by atoms with Gasteiger partial charge in [-0.15, -0.1) is 0 Å². The molecule has 0 radical (unpaired) electrons. The Balaban J connectivity index is 3.24. The fourth-order valence-electron chi connectivity index (χ4n) is 1.11. The maximum absolute atomic E-state index is 8.79. The van der Waals surface area contributed by atoms with Crippen LogP contribution in [-0.2, 0) is 0 Å². The topological polar surface area (TPSA) is 23.8 Å². The van der Waals surface area contributed by atoms with E-state index in [9.17, 15) is 0 Å². The van der Waals surface area contributed by atoms with Gasteiger partial charge in [-0.1, -0.05) is 29.8 Å². The molecule has 0 atom stereocenters. The number of hydrogen-bond donors (Lipinski definition) is 0. The quantitative estimate of drug-likeness (QED) is 0.716.